The molecule has 0 aliphatic heterocycles. The summed E-state index contributed by atoms with van der Waals surface area (Å²) in [5.41, 5.74) is 0. The van der Waals surface area contributed by atoms with Gasteiger partial charge in [0.1, 0.15) is 0 Å². The molecule has 1 atom stereocenters. The van der Waals surface area contributed by atoms with Crippen molar-refractivity contribution < 1.29 is 4.20 Å². The molecule has 5 heteroatoms. The van der Waals surface area contributed by atoms with Crippen molar-refractivity contribution in [2.24, 2.45) is 0 Å². The van der Waals surface area contributed by atoms with E-state index in [1.54, 1.807) is 22.0 Å². The maximum Gasteiger partial charge on any atom is 0.216 e. The van der Waals surface area contributed by atoms with Crippen LogP contribution in [0.15, 0.2) is 0 Å². The zero-order chi connectivity index (χ0) is 4.28. The topological polar surface area (TPSA) is 0 Å². The van der Waals surface area contributed by atoms with Gasteiger partial charge in [0.15, 0.2) is 0 Å². The lowest BCUT2D eigenvalue weighted by Crippen LogP contribution is -1.10. The van der Waals surface area contributed by atoms with Crippen molar-refractivity contribution in [3.8, 4) is 0 Å². The fourth-order valence-corrected chi connectivity index (χ4v) is 0. The Kier molecular flexibility index (Phi) is 6.21. The molecule has 0 aromatic heterocycles. The van der Waals surface area contributed by atoms with Gasteiger partial charge in [-0.1, -0.05) is 0 Å². The van der Waals surface area contributed by atoms with E-state index in [0.29, 0.717) is 0 Å². The molecule has 0 nitrogen and oxygen atoms in total. The van der Waals surface area contributed by atoms with E-state index < -0.39 is 5.08 Å². The first kappa shape index (κ1) is 7.17. The number of halogens is 3. The first-order chi connectivity index (χ1) is 2.27. The molecule has 1 unspecified atom stereocenters. The highest BCUT2D eigenvalue weighted by Crippen LogP contribution is 2.62. The fraction of sp³-hybridized carbons (Fsp3) is 0. The van der Waals surface area contributed by atoms with Gasteiger partial charge in [0.05, 0.1) is 0 Å². The minimum absolute atomic E-state index is 1.22. The maximum absolute atomic E-state index is 11.4. The van der Waals surface area contributed by atoms with Crippen LogP contribution >= 0.6 is 56.9 Å². The Morgan fingerprint density at radius 3 is 2.00 bits per heavy atom. The highest BCUT2D eigenvalue weighted by Gasteiger charge is 1.92. The van der Waals surface area contributed by atoms with E-state index in [2.05, 4.69) is 0 Å². The van der Waals surface area contributed by atoms with Gasteiger partial charge in [-0.3, -0.25) is 0 Å². The van der Waals surface area contributed by atoms with Crippen molar-refractivity contribution in [3.63, 3.8) is 0 Å². The van der Waals surface area contributed by atoms with Gasteiger partial charge < -0.3 is 0 Å². The molecular formula is FI2PS. The molecule has 0 amide bonds. The largest absolute Gasteiger partial charge is 0.216 e. The fourth-order valence-electron chi connectivity index (χ4n) is 0. The second-order valence-corrected chi connectivity index (χ2v) is 10.2. The van der Waals surface area contributed by atoms with E-state index >= 15 is 0 Å². The van der Waals surface area contributed by atoms with Gasteiger partial charge in [-0.25, -0.2) is 4.20 Å². The minimum Gasteiger partial charge on any atom is -0.202 e. The van der Waals surface area contributed by atoms with Crippen LogP contribution in [0.2, 0.25) is 0 Å². The van der Waals surface area contributed by atoms with Crippen LogP contribution in [0, 0.1) is 0 Å². The average Bonchev–Trinajstić information content (AvgIpc) is 1.38. The molecule has 32 valence electrons. The minimum atomic E-state index is -1.22. The molecule has 0 N–H and O–H groups in total. The molecule has 0 aromatic carbocycles. The summed E-state index contributed by atoms with van der Waals surface area (Å²) in [5.74, 6) is 0. The van der Waals surface area contributed by atoms with E-state index in [9.17, 15) is 4.20 Å². The Balaban J connectivity index is 2.54. The van der Waals surface area contributed by atoms with Crippen molar-refractivity contribution in [1.82, 2.24) is 0 Å². The van der Waals surface area contributed by atoms with Crippen LogP contribution in [0.25, 0.3) is 0 Å². The van der Waals surface area contributed by atoms with Crippen molar-refractivity contribution >= 4 is 56.9 Å². The Morgan fingerprint density at radius 1 is 1.80 bits per heavy atom. The van der Waals surface area contributed by atoms with Crippen molar-refractivity contribution in [2.45, 2.75) is 0 Å². The third-order valence-electron chi connectivity index (χ3n) is 0.0522. The second-order valence-electron chi connectivity index (χ2n) is 0.271. The predicted molar refractivity (Wildman–Crippen MR) is 43.7 cm³/mol. The summed E-state index contributed by atoms with van der Waals surface area (Å²) < 4.78 is 11.4. The third kappa shape index (κ3) is 6.17. The average molecular weight is 336 g/mol. The highest BCUT2D eigenvalue weighted by atomic mass is 127. The molecule has 0 fully saturated rings. The van der Waals surface area contributed by atoms with Crippen LogP contribution in [0.3, 0.4) is 0 Å². The van der Waals surface area contributed by atoms with Crippen LogP contribution in [0.5, 0.6) is 0 Å². The van der Waals surface area contributed by atoms with E-state index in [1.165, 1.54) is 8.55 Å². The first-order valence-corrected chi connectivity index (χ1v) is 8.66. The molecular weight excluding hydrogens is 336 g/mol. The lowest BCUT2D eigenvalue weighted by Gasteiger charge is -1.79. The summed E-state index contributed by atoms with van der Waals surface area (Å²) in [7, 11) is 1.23. The lowest BCUT2D eigenvalue weighted by atomic mass is 18.9. The molecule has 0 heterocycles. The molecule has 0 radical (unpaired) electrons. The maximum atomic E-state index is 11.4. The Labute approximate surface area is 60.3 Å². The molecule has 0 spiro atoms. The summed E-state index contributed by atoms with van der Waals surface area (Å²) in [6, 6.07) is 0. The van der Waals surface area contributed by atoms with Gasteiger partial charge in [0.2, 0.25) is 5.08 Å². The summed E-state index contributed by atoms with van der Waals surface area (Å²) in [6.45, 7) is 0. The van der Waals surface area contributed by atoms with Crippen molar-refractivity contribution in [1.29, 1.82) is 0 Å². The van der Waals surface area contributed by atoms with Gasteiger partial charge in [0, 0.05) is 21.2 Å². The van der Waals surface area contributed by atoms with E-state index in [0.717, 1.165) is 0 Å². The summed E-state index contributed by atoms with van der Waals surface area (Å²) >= 11 is 3.70. The van der Waals surface area contributed by atoms with E-state index in [-0.39, 0.29) is 0 Å². The Bertz CT molecular complexity index is 23.6. The zero-order valence-corrected chi connectivity index (χ0v) is 8.02. The standard InChI is InChI=1S/FI2PS/c1-4(2)5-3. The van der Waals surface area contributed by atoms with Crippen LogP contribution in [0.4, 0.5) is 4.20 Å². The van der Waals surface area contributed by atoms with Gasteiger partial charge >= 0.3 is 0 Å². The monoisotopic (exact) mass is 336 g/mol. The van der Waals surface area contributed by atoms with E-state index in [4.69, 9.17) is 0 Å². The smallest absolute Gasteiger partial charge is 0.202 e. The van der Waals surface area contributed by atoms with Crippen LogP contribution < -0.4 is 0 Å². The quantitative estimate of drug-likeness (QED) is 0.520. The molecule has 0 aliphatic carbocycles. The Hall–Kier alpha value is 2.17. The molecule has 0 rings (SSSR count). The van der Waals surface area contributed by atoms with Gasteiger partial charge in [-0.15, -0.1) is 0 Å². The lowest BCUT2D eigenvalue weighted by molar-refractivity contribution is 0.934. The highest BCUT2D eigenvalue weighted by molar-refractivity contribution is 14.2. The first-order valence-electron chi connectivity index (χ1n) is 0.675. The normalized spacial score (nSPS) is 15.0. The molecule has 0 aliphatic rings. The van der Waals surface area contributed by atoms with Gasteiger partial charge in [0.25, 0.3) is 0 Å². The van der Waals surface area contributed by atoms with Gasteiger partial charge in [-0.05, 0) is 30.6 Å². The molecule has 5 heavy (non-hydrogen) atoms. The number of hydrogen-bond acceptors (Lipinski definition) is 1. The van der Waals surface area contributed by atoms with Crippen molar-refractivity contribution in [2.75, 3.05) is 0 Å². The molecule has 0 saturated carbocycles. The summed E-state index contributed by atoms with van der Waals surface area (Å²) in [6.07, 6.45) is 0. The summed E-state index contributed by atoms with van der Waals surface area (Å²) in [5, 5.41) is -1.22. The van der Waals surface area contributed by atoms with E-state index in [1.807, 2.05) is 21.2 Å². The van der Waals surface area contributed by atoms with Gasteiger partial charge in [-0.2, -0.15) is 0 Å². The number of rotatable bonds is 1. The Morgan fingerprint density at radius 2 is 2.00 bits per heavy atom. The number of hydrogen-bond donors (Lipinski definition) is 0. The SMILES string of the molecule is FP(I)SI. The molecule has 0 aromatic rings. The van der Waals surface area contributed by atoms with Crippen molar-refractivity contribution in [3.05, 3.63) is 0 Å². The molecule has 0 bridgehead atoms. The van der Waals surface area contributed by atoms with Crippen LogP contribution in [-0.2, 0) is 0 Å². The predicted octanol–water partition coefficient (Wildman–Crippen LogP) is 3.70. The molecule has 0 saturated heterocycles. The van der Waals surface area contributed by atoms with Crippen LogP contribution in [-0.4, -0.2) is 0 Å². The third-order valence-corrected chi connectivity index (χ3v) is 12.1. The second kappa shape index (κ2) is 4.33. The summed E-state index contributed by atoms with van der Waals surface area (Å²) in [4.78, 5) is 0. The zero-order valence-electron chi connectivity index (χ0n) is 1.99. The van der Waals surface area contributed by atoms with Crippen LogP contribution in [0.1, 0.15) is 0 Å².